The fourth-order valence-electron chi connectivity index (χ4n) is 11.9. The summed E-state index contributed by atoms with van der Waals surface area (Å²) in [4.78, 5) is 0. The zero-order chi connectivity index (χ0) is 46.2. The molecule has 0 aliphatic carbocycles. The Kier molecular flexibility index (Phi) is 9.23. The third-order valence-electron chi connectivity index (χ3n) is 14.8. The molecule has 3 nitrogen and oxygen atoms in total. The summed E-state index contributed by atoms with van der Waals surface area (Å²) in [6, 6.07) is 102. The molecule has 0 unspecified atom stereocenters. The van der Waals surface area contributed by atoms with E-state index in [0.29, 0.717) is 0 Å². The van der Waals surface area contributed by atoms with Gasteiger partial charge < -0.3 is 13.7 Å². The summed E-state index contributed by atoms with van der Waals surface area (Å²) in [5, 5.41) is 12.8. The molecule has 0 radical (unpaired) electrons. The molecule has 0 aliphatic rings. The topological polar surface area (TPSA) is 14.8 Å². The highest BCUT2D eigenvalue weighted by Gasteiger charge is 2.43. The lowest BCUT2D eigenvalue weighted by atomic mass is 10.1. The first kappa shape index (κ1) is 40.1. The smallest absolute Gasteiger partial charge is 0.181 e. The van der Waals surface area contributed by atoms with Crippen LogP contribution in [0.1, 0.15) is 0 Å². The van der Waals surface area contributed by atoms with Crippen molar-refractivity contribution >= 4 is 94.2 Å². The van der Waals surface area contributed by atoms with Crippen LogP contribution in [-0.2, 0) is 0 Å². The number of fused-ring (bicyclic) bond motifs is 9. The second-order valence-corrected chi connectivity index (χ2v) is 22.2. The molecule has 0 spiro atoms. The number of benzene rings is 11. The average molecular weight is 908 g/mol. The predicted octanol–water partition coefficient (Wildman–Crippen LogP) is 14.0. The van der Waals surface area contributed by atoms with E-state index in [-0.39, 0.29) is 0 Å². The molecule has 0 amide bonds. The predicted molar refractivity (Wildman–Crippen MR) is 299 cm³/mol. The number of nitrogens with zero attached hydrogens (tertiary/aromatic N) is 3. The van der Waals surface area contributed by atoms with Crippen LogP contribution < -0.4 is 20.7 Å². The van der Waals surface area contributed by atoms with Crippen LogP contribution in [0.15, 0.2) is 273 Å². The van der Waals surface area contributed by atoms with E-state index in [2.05, 4.69) is 287 Å². The van der Waals surface area contributed by atoms with Gasteiger partial charge in [0.05, 0.1) is 38.8 Å². The Hall–Kier alpha value is -8.96. The van der Waals surface area contributed by atoms with Crippen LogP contribution in [0.25, 0.3) is 93.6 Å². The minimum absolute atomic E-state index is 1.11. The maximum absolute atomic E-state index is 3.03. The van der Waals surface area contributed by atoms with Gasteiger partial charge in [0.2, 0.25) is 0 Å². The third-order valence-corrected chi connectivity index (χ3v) is 19.6. The van der Waals surface area contributed by atoms with Crippen molar-refractivity contribution in [1.29, 1.82) is 0 Å². The summed E-state index contributed by atoms with van der Waals surface area (Å²) in [6.45, 7) is 0. The molecule has 4 heteroatoms. The van der Waals surface area contributed by atoms with E-state index in [9.17, 15) is 0 Å². The molecule has 0 atom stereocenters. The van der Waals surface area contributed by atoms with Crippen LogP contribution in [0.2, 0.25) is 0 Å². The highest BCUT2D eigenvalue weighted by atomic mass is 28.3. The Labute approximate surface area is 407 Å². The molecule has 3 aromatic heterocycles. The normalized spacial score (nSPS) is 12.0. The van der Waals surface area contributed by atoms with E-state index in [0.717, 1.165) is 28.1 Å². The standard InChI is InChI=1S/C66H45N3Si/c1-5-22-46(23-6-1)47-24-19-25-48(44-47)68-63-45-49(67-59-37-16-13-32-53(59)54-33-14-17-38-60(54)67)42-43-56(63)57-35-20-40-62(65(57)68)69-61-39-18-15-34-55(61)58-36-21-41-64(66(58)69)70(50-26-7-2-8-27-50,51-28-9-3-10-29-51)52-30-11-4-12-31-52/h1-45H. The Balaban J connectivity index is 1.14. The minimum Gasteiger partial charge on any atom is -0.309 e. The highest BCUT2D eigenvalue weighted by Crippen LogP contribution is 2.42. The van der Waals surface area contributed by atoms with Crippen LogP contribution in [0, 0.1) is 0 Å². The molecule has 0 N–H and O–H groups in total. The Morgan fingerprint density at radius 2 is 0.671 bits per heavy atom. The van der Waals surface area contributed by atoms with Gasteiger partial charge in [0.25, 0.3) is 0 Å². The lowest BCUT2D eigenvalue weighted by Gasteiger charge is -2.35. The first-order valence-corrected chi connectivity index (χ1v) is 26.2. The van der Waals surface area contributed by atoms with Crippen molar-refractivity contribution in [3.05, 3.63) is 273 Å². The van der Waals surface area contributed by atoms with Gasteiger partial charge in [-0.1, -0.05) is 224 Å². The molecule has 0 aliphatic heterocycles. The van der Waals surface area contributed by atoms with Crippen LogP contribution >= 0.6 is 0 Å². The average Bonchev–Trinajstić information content (AvgIpc) is 4.09. The number of hydrogen-bond donors (Lipinski definition) is 0. The largest absolute Gasteiger partial charge is 0.309 e. The van der Waals surface area contributed by atoms with Gasteiger partial charge in [0.1, 0.15) is 0 Å². The first-order valence-electron chi connectivity index (χ1n) is 24.2. The maximum atomic E-state index is 2.61. The molecular weight excluding hydrogens is 863 g/mol. The van der Waals surface area contributed by atoms with E-state index >= 15 is 0 Å². The lowest BCUT2D eigenvalue weighted by Crippen LogP contribution is -2.75. The molecule has 11 aromatic carbocycles. The van der Waals surface area contributed by atoms with Gasteiger partial charge >= 0.3 is 0 Å². The van der Waals surface area contributed by atoms with E-state index in [1.807, 2.05) is 0 Å². The van der Waals surface area contributed by atoms with Gasteiger partial charge in [-0.15, -0.1) is 0 Å². The number of hydrogen-bond acceptors (Lipinski definition) is 0. The molecule has 70 heavy (non-hydrogen) atoms. The fraction of sp³-hybridized carbons (Fsp3) is 0. The second-order valence-electron chi connectivity index (χ2n) is 18.4. The quantitative estimate of drug-likeness (QED) is 0.107. The summed E-state index contributed by atoms with van der Waals surface area (Å²) >= 11 is 0. The van der Waals surface area contributed by atoms with Gasteiger partial charge in [-0.25, -0.2) is 0 Å². The van der Waals surface area contributed by atoms with Crippen molar-refractivity contribution in [3.8, 4) is 28.2 Å². The molecule has 14 rings (SSSR count). The van der Waals surface area contributed by atoms with Crippen molar-refractivity contribution in [2.75, 3.05) is 0 Å². The summed E-state index contributed by atoms with van der Waals surface area (Å²) in [6.07, 6.45) is 0. The summed E-state index contributed by atoms with van der Waals surface area (Å²) in [5.74, 6) is 0. The zero-order valence-electron chi connectivity index (χ0n) is 38.3. The van der Waals surface area contributed by atoms with Crippen molar-refractivity contribution in [2.45, 2.75) is 0 Å². The van der Waals surface area contributed by atoms with Crippen LogP contribution in [0.5, 0.6) is 0 Å². The zero-order valence-corrected chi connectivity index (χ0v) is 39.3. The van der Waals surface area contributed by atoms with Crippen molar-refractivity contribution in [1.82, 2.24) is 13.7 Å². The van der Waals surface area contributed by atoms with Gasteiger partial charge in [-0.2, -0.15) is 0 Å². The second kappa shape index (κ2) is 16.1. The Morgan fingerprint density at radius 1 is 0.243 bits per heavy atom. The van der Waals surface area contributed by atoms with Crippen molar-refractivity contribution in [3.63, 3.8) is 0 Å². The van der Waals surface area contributed by atoms with Crippen molar-refractivity contribution in [2.24, 2.45) is 0 Å². The van der Waals surface area contributed by atoms with Gasteiger partial charge in [0, 0.05) is 43.7 Å². The van der Waals surface area contributed by atoms with E-state index in [4.69, 9.17) is 0 Å². The van der Waals surface area contributed by atoms with Crippen molar-refractivity contribution < 1.29 is 0 Å². The van der Waals surface area contributed by atoms with Crippen LogP contribution in [-0.4, -0.2) is 21.8 Å². The summed E-state index contributed by atoms with van der Waals surface area (Å²) in [7, 11) is -3.03. The molecule has 0 bridgehead atoms. The van der Waals surface area contributed by atoms with E-state index in [1.165, 1.54) is 86.3 Å². The van der Waals surface area contributed by atoms with Gasteiger partial charge in [-0.05, 0) is 80.4 Å². The SMILES string of the molecule is c1ccc(-c2cccc(-n3c4cc(-n5c6ccccc6c6ccccc65)ccc4c4cccc(-n5c6ccccc6c6cccc([Si](c7ccccc7)(c7ccccc7)c7ccccc7)c65)c43)c2)cc1. The van der Waals surface area contributed by atoms with E-state index in [1.54, 1.807) is 0 Å². The van der Waals surface area contributed by atoms with Gasteiger partial charge in [0.15, 0.2) is 8.07 Å². The summed E-state index contributed by atoms with van der Waals surface area (Å²) in [5.41, 5.74) is 12.8. The molecule has 14 aromatic rings. The first-order chi connectivity index (χ1) is 34.8. The molecule has 328 valence electrons. The minimum atomic E-state index is -3.03. The Morgan fingerprint density at radius 3 is 1.27 bits per heavy atom. The molecule has 0 saturated heterocycles. The fourth-order valence-corrected chi connectivity index (χ4v) is 16.8. The summed E-state index contributed by atoms with van der Waals surface area (Å²) < 4.78 is 7.60. The molecule has 3 heterocycles. The van der Waals surface area contributed by atoms with Gasteiger partial charge in [-0.3, -0.25) is 0 Å². The lowest BCUT2D eigenvalue weighted by molar-refractivity contribution is 1.13. The number of aromatic nitrogens is 3. The molecule has 0 saturated carbocycles. The van der Waals surface area contributed by atoms with E-state index < -0.39 is 8.07 Å². The molecular formula is C66H45N3Si. The van der Waals surface area contributed by atoms with Crippen LogP contribution in [0.3, 0.4) is 0 Å². The highest BCUT2D eigenvalue weighted by molar-refractivity contribution is 7.20. The third kappa shape index (κ3) is 5.94. The Bertz CT molecular complexity index is 4130. The monoisotopic (exact) mass is 907 g/mol. The maximum Gasteiger partial charge on any atom is 0.181 e. The van der Waals surface area contributed by atoms with Crippen LogP contribution in [0.4, 0.5) is 0 Å². The number of rotatable bonds is 8. The molecule has 0 fully saturated rings. The number of para-hydroxylation sites is 5.